The highest BCUT2D eigenvalue weighted by Gasteiger charge is 2.36. The van der Waals surface area contributed by atoms with E-state index in [0.717, 1.165) is 19.4 Å². The highest BCUT2D eigenvalue weighted by Crippen LogP contribution is 2.43. The SMILES string of the molecule is CSC1(CNC2CCc3cc(F)ccc32)CCC1. The zero-order valence-electron chi connectivity index (χ0n) is 10.8. The van der Waals surface area contributed by atoms with Crippen LogP contribution in [0.25, 0.3) is 0 Å². The van der Waals surface area contributed by atoms with Crippen LogP contribution in [0.1, 0.15) is 42.9 Å². The summed E-state index contributed by atoms with van der Waals surface area (Å²) in [6.45, 7) is 1.09. The minimum Gasteiger partial charge on any atom is -0.309 e. The monoisotopic (exact) mass is 265 g/mol. The molecule has 1 aromatic rings. The average molecular weight is 265 g/mol. The summed E-state index contributed by atoms with van der Waals surface area (Å²) in [5.74, 6) is -0.103. The zero-order valence-corrected chi connectivity index (χ0v) is 11.7. The topological polar surface area (TPSA) is 12.0 Å². The summed E-state index contributed by atoms with van der Waals surface area (Å²) in [6, 6.07) is 5.68. The Kier molecular flexibility index (Phi) is 3.37. The van der Waals surface area contributed by atoms with Gasteiger partial charge in [-0.2, -0.15) is 11.8 Å². The van der Waals surface area contributed by atoms with Gasteiger partial charge in [0.05, 0.1) is 0 Å². The molecule has 0 heterocycles. The third kappa shape index (κ3) is 2.19. The Morgan fingerprint density at radius 2 is 2.28 bits per heavy atom. The van der Waals surface area contributed by atoms with Gasteiger partial charge >= 0.3 is 0 Å². The fourth-order valence-electron chi connectivity index (χ4n) is 3.13. The van der Waals surface area contributed by atoms with Gasteiger partial charge in [0.15, 0.2) is 0 Å². The minimum atomic E-state index is -0.103. The van der Waals surface area contributed by atoms with Crippen molar-refractivity contribution in [2.45, 2.75) is 42.9 Å². The number of hydrogen-bond acceptors (Lipinski definition) is 2. The molecule has 1 saturated carbocycles. The molecule has 2 aliphatic rings. The molecule has 0 amide bonds. The maximum atomic E-state index is 13.2. The zero-order chi connectivity index (χ0) is 12.6. The lowest BCUT2D eigenvalue weighted by molar-refractivity contribution is 0.330. The predicted molar refractivity (Wildman–Crippen MR) is 75.6 cm³/mol. The third-order valence-corrected chi connectivity index (χ3v) is 5.97. The van der Waals surface area contributed by atoms with Gasteiger partial charge in [0.25, 0.3) is 0 Å². The summed E-state index contributed by atoms with van der Waals surface area (Å²) in [6.07, 6.45) is 8.39. The molecule has 0 aliphatic heterocycles. The molecule has 0 radical (unpaired) electrons. The molecule has 3 heteroatoms. The van der Waals surface area contributed by atoms with Gasteiger partial charge in [0.2, 0.25) is 0 Å². The lowest BCUT2D eigenvalue weighted by atomic mass is 9.84. The van der Waals surface area contributed by atoms with Crippen molar-refractivity contribution in [3.63, 3.8) is 0 Å². The van der Waals surface area contributed by atoms with Crippen molar-refractivity contribution in [1.82, 2.24) is 5.32 Å². The van der Waals surface area contributed by atoms with E-state index in [9.17, 15) is 4.39 Å². The lowest BCUT2D eigenvalue weighted by Crippen LogP contribution is -2.44. The van der Waals surface area contributed by atoms with Crippen molar-refractivity contribution in [3.05, 3.63) is 35.1 Å². The first-order valence-electron chi connectivity index (χ1n) is 6.79. The van der Waals surface area contributed by atoms with Crippen LogP contribution in [-0.2, 0) is 6.42 Å². The molecular weight excluding hydrogens is 245 g/mol. The molecule has 2 aliphatic carbocycles. The minimum absolute atomic E-state index is 0.103. The van der Waals surface area contributed by atoms with Crippen molar-refractivity contribution in [3.8, 4) is 0 Å². The Labute approximate surface area is 113 Å². The van der Waals surface area contributed by atoms with Crippen LogP contribution >= 0.6 is 11.8 Å². The number of hydrogen-bond donors (Lipinski definition) is 1. The van der Waals surface area contributed by atoms with Gasteiger partial charge in [-0.15, -0.1) is 0 Å². The van der Waals surface area contributed by atoms with Gasteiger partial charge in [-0.3, -0.25) is 0 Å². The van der Waals surface area contributed by atoms with Crippen molar-refractivity contribution in [2.24, 2.45) is 0 Å². The lowest BCUT2D eigenvalue weighted by Gasteiger charge is -2.41. The van der Waals surface area contributed by atoms with E-state index in [2.05, 4.69) is 11.6 Å². The molecule has 1 atom stereocenters. The molecule has 1 fully saturated rings. The number of nitrogens with one attached hydrogen (secondary N) is 1. The van der Waals surface area contributed by atoms with E-state index in [1.165, 1.54) is 30.4 Å². The standard InChI is InChI=1S/C15H20FNS/c1-18-15(7-2-8-15)10-17-14-6-3-11-9-12(16)4-5-13(11)14/h4-5,9,14,17H,2-3,6-8,10H2,1H3. The first-order valence-corrected chi connectivity index (χ1v) is 8.02. The summed E-state index contributed by atoms with van der Waals surface area (Å²) < 4.78 is 13.6. The van der Waals surface area contributed by atoms with E-state index in [1.807, 2.05) is 17.8 Å². The summed E-state index contributed by atoms with van der Waals surface area (Å²) in [4.78, 5) is 0. The maximum Gasteiger partial charge on any atom is 0.123 e. The molecule has 0 saturated heterocycles. The Bertz CT molecular complexity index is 437. The molecule has 0 aromatic heterocycles. The van der Waals surface area contributed by atoms with E-state index >= 15 is 0 Å². The molecular formula is C15H20FNS. The molecule has 98 valence electrons. The van der Waals surface area contributed by atoms with Gasteiger partial charge in [0.1, 0.15) is 5.82 Å². The number of aryl methyl sites for hydroxylation is 1. The van der Waals surface area contributed by atoms with E-state index in [0.29, 0.717) is 10.8 Å². The van der Waals surface area contributed by atoms with Crippen molar-refractivity contribution < 1.29 is 4.39 Å². The van der Waals surface area contributed by atoms with Crippen LogP contribution in [0, 0.1) is 5.82 Å². The highest BCUT2D eigenvalue weighted by atomic mass is 32.2. The normalized spacial score (nSPS) is 24.7. The summed E-state index contributed by atoms with van der Waals surface area (Å²) in [5.41, 5.74) is 2.51. The van der Waals surface area contributed by atoms with Crippen molar-refractivity contribution >= 4 is 11.8 Å². The van der Waals surface area contributed by atoms with Crippen LogP contribution in [0.3, 0.4) is 0 Å². The third-order valence-electron chi connectivity index (χ3n) is 4.55. The summed E-state index contributed by atoms with van der Waals surface area (Å²) in [5, 5.41) is 3.71. The second-order valence-electron chi connectivity index (χ2n) is 5.56. The van der Waals surface area contributed by atoms with E-state index < -0.39 is 0 Å². The first-order chi connectivity index (χ1) is 8.72. The van der Waals surface area contributed by atoms with E-state index in [4.69, 9.17) is 0 Å². The first kappa shape index (κ1) is 12.5. The van der Waals surface area contributed by atoms with Crippen LogP contribution in [0.4, 0.5) is 4.39 Å². The molecule has 1 aromatic carbocycles. The number of rotatable bonds is 4. The van der Waals surface area contributed by atoms with Crippen LogP contribution < -0.4 is 5.32 Å². The molecule has 1 unspecified atom stereocenters. The summed E-state index contributed by atoms with van der Waals surface area (Å²) >= 11 is 2.00. The van der Waals surface area contributed by atoms with Crippen molar-refractivity contribution in [1.29, 1.82) is 0 Å². The Hall–Kier alpha value is -0.540. The molecule has 18 heavy (non-hydrogen) atoms. The number of thioether (sulfide) groups is 1. The molecule has 1 nitrogen and oxygen atoms in total. The second-order valence-corrected chi connectivity index (χ2v) is 6.83. The number of benzene rings is 1. The largest absolute Gasteiger partial charge is 0.309 e. The van der Waals surface area contributed by atoms with Crippen LogP contribution in [0.15, 0.2) is 18.2 Å². The summed E-state index contributed by atoms with van der Waals surface area (Å²) in [7, 11) is 0. The van der Waals surface area contributed by atoms with Gasteiger partial charge in [-0.1, -0.05) is 12.5 Å². The average Bonchev–Trinajstić information content (AvgIpc) is 2.71. The maximum absolute atomic E-state index is 13.2. The van der Waals surface area contributed by atoms with Crippen LogP contribution in [0.2, 0.25) is 0 Å². The Morgan fingerprint density at radius 3 is 2.94 bits per heavy atom. The highest BCUT2D eigenvalue weighted by molar-refractivity contribution is 8.00. The number of fused-ring (bicyclic) bond motifs is 1. The van der Waals surface area contributed by atoms with Gasteiger partial charge in [-0.25, -0.2) is 4.39 Å². The van der Waals surface area contributed by atoms with Crippen LogP contribution in [0.5, 0.6) is 0 Å². The van der Waals surface area contributed by atoms with E-state index in [1.54, 1.807) is 12.1 Å². The van der Waals surface area contributed by atoms with Crippen molar-refractivity contribution in [2.75, 3.05) is 12.8 Å². The van der Waals surface area contributed by atoms with Gasteiger partial charge < -0.3 is 5.32 Å². The predicted octanol–water partition coefficient (Wildman–Crippen LogP) is 3.69. The molecule has 0 bridgehead atoms. The molecule has 1 N–H and O–H groups in total. The fourth-order valence-corrected chi connectivity index (χ4v) is 4.06. The van der Waals surface area contributed by atoms with Gasteiger partial charge in [-0.05, 0) is 55.2 Å². The fraction of sp³-hybridized carbons (Fsp3) is 0.600. The van der Waals surface area contributed by atoms with Crippen LogP contribution in [-0.4, -0.2) is 17.5 Å². The Morgan fingerprint density at radius 1 is 1.44 bits per heavy atom. The number of halogens is 1. The Balaban J connectivity index is 1.66. The molecule has 0 spiro atoms. The van der Waals surface area contributed by atoms with E-state index in [-0.39, 0.29) is 5.82 Å². The second kappa shape index (κ2) is 4.86. The van der Waals surface area contributed by atoms with Gasteiger partial charge in [0, 0.05) is 17.3 Å². The quantitative estimate of drug-likeness (QED) is 0.891. The molecule has 3 rings (SSSR count). The smallest absolute Gasteiger partial charge is 0.123 e.